The molecule has 0 radical (unpaired) electrons. The first-order chi connectivity index (χ1) is 10.1. The molecule has 118 valence electrons. The molecule has 1 aliphatic rings. The van der Waals surface area contributed by atoms with Crippen molar-refractivity contribution in [2.75, 3.05) is 40.4 Å². The Morgan fingerprint density at radius 1 is 1.67 bits per heavy atom. The van der Waals surface area contributed by atoms with E-state index in [9.17, 15) is 9.90 Å². The predicted octanol–water partition coefficient (Wildman–Crippen LogP) is 1.35. The molecule has 2 rings (SSSR count). The van der Waals surface area contributed by atoms with Gasteiger partial charge in [-0.3, -0.25) is 9.69 Å². The van der Waals surface area contributed by atoms with Crippen molar-refractivity contribution < 1.29 is 14.6 Å². The monoisotopic (exact) mass is 312 g/mol. The number of ether oxygens (including phenoxy) is 1. The molecular formula is C15H24N2O3S. The fraction of sp³-hybridized carbons (Fsp3) is 0.667. The van der Waals surface area contributed by atoms with Crippen LogP contribution in [0.3, 0.4) is 0 Å². The molecule has 2 atom stereocenters. The minimum Gasteiger partial charge on any atom is -0.389 e. The van der Waals surface area contributed by atoms with Gasteiger partial charge in [-0.15, -0.1) is 11.3 Å². The molecule has 0 aliphatic carbocycles. The van der Waals surface area contributed by atoms with Gasteiger partial charge in [0.15, 0.2) is 0 Å². The van der Waals surface area contributed by atoms with Gasteiger partial charge >= 0.3 is 0 Å². The maximum atomic E-state index is 12.5. The first-order valence-corrected chi connectivity index (χ1v) is 8.18. The first-order valence-electron chi connectivity index (χ1n) is 7.30. The maximum Gasteiger partial charge on any atom is 0.237 e. The van der Waals surface area contributed by atoms with Crippen LogP contribution < -0.4 is 0 Å². The quantitative estimate of drug-likeness (QED) is 0.826. The number of likely N-dealkylation sites (N-methyl/N-ethyl adjacent to an activating group) is 1. The molecule has 1 aliphatic heterocycles. The van der Waals surface area contributed by atoms with E-state index >= 15 is 0 Å². The maximum absolute atomic E-state index is 12.5. The van der Waals surface area contributed by atoms with Crippen LogP contribution in [-0.2, 0) is 9.53 Å². The highest BCUT2D eigenvalue weighted by atomic mass is 32.1. The Kier molecular flexibility index (Phi) is 6.17. The lowest BCUT2D eigenvalue weighted by atomic mass is 10.2. The van der Waals surface area contributed by atoms with Crippen LogP contribution in [0.1, 0.15) is 23.8 Å². The zero-order chi connectivity index (χ0) is 15.2. The van der Waals surface area contributed by atoms with E-state index in [1.807, 2.05) is 22.9 Å². The number of thiophene rings is 1. The number of rotatable bonds is 7. The van der Waals surface area contributed by atoms with Crippen LogP contribution in [-0.4, -0.2) is 67.3 Å². The van der Waals surface area contributed by atoms with Gasteiger partial charge in [0.05, 0.1) is 25.3 Å². The highest BCUT2D eigenvalue weighted by Crippen LogP contribution is 2.34. The van der Waals surface area contributed by atoms with E-state index in [0.29, 0.717) is 19.7 Å². The molecule has 6 heteroatoms. The number of nitrogens with zero attached hydrogens (tertiary/aromatic N) is 2. The molecule has 0 bridgehead atoms. The highest BCUT2D eigenvalue weighted by Gasteiger charge is 2.30. The van der Waals surface area contributed by atoms with Gasteiger partial charge in [-0.25, -0.2) is 0 Å². The van der Waals surface area contributed by atoms with Crippen molar-refractivity contribution >= 4 is 17.2 Å². The van der Waals surface area contributed by atoms with Gasteiger partial charge in [0.1, 0.15) is 0 Å². The molecule has 1 aromatic heterocycles. The molecule has 1 amide bonds. The molecular weight excluding hydrogens is 288 g/mol. The number of hydrogen-bond donors (Lipinski definition) is 1. The summed E-state index contributed by atoms with van der Waals surface area (Å²) in [7, 11) is 3.41. The number of likely N-dealkylation sites (tertiary alicyclic amines) is 1. The Balaban J connectivity index is 1.87. The topological polar surface area (TPSA) is 53.0 Å². The fourth-order valence-electron chi connectivity index (χ4n) is 2.83. The van der Waals surface area contributed by atoms with Crippen LogP contribution in [0.15, 0.2) is 17.5 Å². The second-order valence-corrected chi connectivity index (χ2v) is 6.55. The van der Waals surface area contributed by atoms with Crippen molar-refractivity contribution in [1.29, 1.82) is 0 Å². The molecule has 0 spiro atoms. The molecule has 1 N–H and O–H groups in total. The molecule has 2 heterocycles. The zero-order valence-electron chi connectivity index (χ0n) is 12.7. The van der Waals surface area contributed by atoms with Crippen LogP contribution in [0.5, 0.6) is 0 Å². The fourth-order valence-corrected chi connectivity index (χ4v) is 3.71. The molecule has 5 nitrogen and oxygen atoms in total. The smallest absolute Gasteiger partial charge is 0.237 e. The molecule has 1 aromatic rings. The summed E-state index contributed by atoms with van der Waals surface area (Å²) in [5.41, 5.74) is 0. The van der Waals surface area contributed by atoms with Crippen LogP contribution in [0.4, 0.5) is 0 Å². The molecule has 0 saturated carbocycles. The number of aliphatic hydroxyl groups is 1. The number of aliphatic hydroxyl groups excluding tert-OH is 1. The van der Waals surface area contributed by atoms with E-state index < -0.39 is 6.10 Å². The lowest BCUT2D eigenvalue weighted by Crippen LogP contribution is -2.41. The minimum atomic E-state index is -0.556. The van der Waals surface area contributed by atoms with Gasteiger partial charge in [0.25, 0.3) is 0 Å². The van der Waals surface area contributed by atoms with E-state index in [1.54, 1.807) is 18.4 Å². The summed E-state index contributed by atoms with van der Waals surface area (Å²) in [4.78, 5) is 17.6. The largest absolute Gasteiger partial charge is 0.389 e. The van der Waals surface area contributed by atoms with Crippen LogP contribution in [0.25, 0.3) is 0 Å². The minimum absolute atomic E-state index is 0.137. The number of methoxy groups -OCH3 is 1. The standard InChI is InChI=1S/C15H24N2O3S/c1-16(9-12(18)11-20-2)10-15(19)17-7-3-5-13(17)14-6-4-8-21-14/h4,6,8,12-13,18H,3,5,7,9-11H2,1-2H3. The van der Waals surface area contributed by atoms with Crippen molar-refractivity contribution in [1.82, 2.24) is 9.80 Å². The van der Waals surface area contributed by atoms with E-state index in [-0.39, 0.29) is 11.9 Å². The first kappa shape index (κ1) is 16.4. The van der Waals surface area contributed by atoms with Gasteiger partial charge in [0.2, 0.25) is 5.91 Å². The summed E-state index contributed by atoms with van der Waals surface area (Å²) in [6.07, 6.45) is 1.55. The molecule has 0 aromatic carbocycles. The third-order valence-electron chi connectivity index (χ3n) is 3.73. The van der Waals surface area contributed by atoms with Crippen LogP contribution in [0, 0.1) is 0 Å². The van der Waals surface area contributed by atoms with Gasteiger partial charge in [-0.05, 0) is 31.3 Å². The van der Waals surface area contributed by atoms with Crippen molar-refractivity contribution in [3.8, 4) is 0 Å². The molecule has 1 fully saturated rings. The molecule has 2 unspecified atom stereocenters. The third kappa shape index (κ3) is 4.51. The average molecular weight is 312 g/mol. The second kappa shape index (κ2) is 7.89. The van der Waals surface area contributed by atoms with Crippen molar-refractivity contribution in [2.24, 2.45) is 0 Å². The summed E-state index contributed by atoms with van der Waals surface area (Å²) in [5, 5.41) is 11.8. The zero-order valence-corrected chi connectivity index (χ0v) is 13.5. The Hall–Kier alpha value is -0.950. The highest BCUT2D eigenvalue weighted by molar-refractivity contribution is 7.10. The lowest BCUT2D eigenvalue weighted by Gasteiger charge is -2.27. The average Bonchev–Trinajstić information content (AvgIpc) is 3.09. The summed E-state index contributed by atoms with van der Waals surface area (Å²) in [6, 6.07) is 4.37. The van der Waals surface area contributed by atoms with Gasteiger partial charge in [-0.1, -0.05) is 6.07 Å². The second-order valence-electron chi connectivity index (χ2n) is 5.57. The van der Waals surface area contributed by atoms with E-state index in [0.717, 1.165) is 19.4 Å². The number of carbonyl (C=O) groups is 1. The Labute approximate surface area is 130 Å². The Morgan fingerprint density at radius 3 is 3.14 bits per heavy atom. The number of carbonyl (C=O) groups excluding carboxylic acids is 1. The van der Waals surface area contributed by atoms with E-state index in [2.05, 4.69) is 11.4 Å². The third-order valence-corrected chi connectivity index (χ3v) is 4.70. The summed E-state index contributed by atoms with van der Waals surface area (Å²) in [5.74, 6) is 0.137. The predicted molar refractivity (Wildman–Crippen MR) is 83.4 cm³/mol. The molecule has 21 heavy (non-hydrogen) atoms. The Bertz CT molecular complexity index is 438. The SMILES string of the molecule is COCC(O)CN(C)CC(=O)N1CCCC1c1cccs1. The van der Waals surface area contributed by atoms with Crippen molar-refractivity contribution in [3.63, 3.8) is 0 Å². The number of hydrogen-bond acceptors (Lipinski definition) is 5. The van der Waals surface area contributed by atoms with Crippen LogP contribution >= 0.6 is 11.3 Å². The molecule has 1 saturated heterocycles. The number of amides is 1. The normalized spacial score (nSPS) is 20.2. The Morgan fingerprint density at radius 2 is 2.48 bits per heavy atom. The summed E-state index contributed by atoms with van der Waals surface area (Å²) < 4.78 is 4.90. The van der Waals surface area contributed by atoms with E-state index in [4.69, 9.17) is 4.74 Å². The van der Waals surface area contributed by atoms with Gasteiger partial charge < -0.3 is 14.7 Å². The van der Waals surface area contributed by atoms with Gasteiger partial charge in [0, 0.05) is 25.1 Å². The van der Waals surface area contributed by atoms with Crippen LogP contribution in [0.2, 0.25) is 0 Å². The van der Waals surface area contributed by atoms with Crippen molar-refractivity contribution in [3.05, 3.63) is 22.4 Å². The lowest BCUT2D eigenvalue weighted by molar-refractivity contribution is -0.133. The summed E-state index contributed by atoms with van der Waals surface area (Å²) in [6.45, 7) is 1.90. The van der Waals surface area contributed by atoms with Crippen molar-refractivity contribution in [2.45, 2.75) is 25.0 Å². The van der Waals surface area contributed by atoms with E-state index in [1.165, 1.54) is 4.88 Å². The van der Waals surface area contributed by atoms with Gasteiger partial charge in [-0.2, -0.15) is 0 Å². The summed E-state index contributed by atoms with van der Waals surface area (Å²) >= 11 is 1.71.